The van der Waals surface area contributed by atoms with Crippen LogP contribution in [0.15, 0.2) is 29.3 Å². The third-order valence-electron chi connectivity index (χ3n) is 4.70. The topological polar surface area (TPSA) is 50.8 Å². The number of hydrogen-bond acceptors (Lipinski definition) is 2. The first kappa shape index (κ1) is 20.3. The molecule has 4 nitrogen and oxygen atoms in total. The highest BCUT2D eigenvalue weighted by Gasteiger charge is 2.33. The van der Waals surface area contributed by atoms with Crippen molar-refractivity contribution in [1.82, 2.24) is 4.90 Å². The number of ether oxygens (including phenoxy) is 1. The van der Waals surface area contributed by atoms with Gasteiger partial charge in [-0.2, -0.15) is 13.2 Å². The van der Waals surface area contributed by atoms with Gasteiger partial charge in [0.25, 0.3) is 0 Å². The minimum absolute atomic E-state index is 0. The fourth-order valence-corrected chi connectivity index (χ4v) is 3.20. The highest BCUT2D eigenvalue weighted by Crippen LogP contribution is 2.40. The van der Waals surface area contributed by atoms with Crippen LogP contribution >= 0.6 is 24.0 Å². The molecule has 8 heteroatoms. The summed E-state index contributed by atoms with van der Waals surface area (Å²) in [4.78, 5) is 6.59. The van der Waals surface area contributed by atoms with Crippen LogP contribution in [0.5, 0.6) is 0 Å². The van der Waals surface area contributed by atoms with Gasteiger partial charge in [-0.3, -0.25) is 0 Å². The van der Waals surface area contributed by atoms with E-state index < -0.39 is 11.7 Å². The normalized spacial score (nSPS) is 27.4. The first-order valence-electron chi connectivity index (χ1n) is 8.20. The van der Waals surface area contributed by atoms with E-state index in [4.69, 9.17) is 10.5 Å². The van der Waals surface area contributed by atoms with Crippen molar-refractivity contribution in [3.8, 4) is 0 Å². The van der Waals surface area contributed by atoms with Crippen molar-refractivity contribution in [2.45, 2.75) is 44.0 Å². The molecule has 1 atom stereocenters. The third-order valence-corrected chi connectivity index (χ3v) is 4.70. The predicted molar refractivity (Wildman–Crippen MR) is 101 cm³/mol. The number of hydrogen-bond donors (Lipinski definition) is 1. The molecule has 3 rings (SSSR count). The largest absolute Gasteiger partial charge is 0.416 e. The van der Waals surface area contributed by atoms with Crippen LogP contribution in [0, 0.1) is 0 Å². The number of halogens is 4. The molecular formula is C17H23F3IN3O. The molecule has 1 aliphatic carbocycles. The lowest BCUT2D eigenvalue weighted by atomic mass is 9.76. The molecule has 0 radical (unpaired) electrons. The zero-order valence-corrected chi connectivity index (χ0v) is 16.3. The number of aliphatic imine (C=N–C) groups is 1. The van der Waals surface area contributed by atoms with E-state index in [9.17, 15) is 13.2 Å². The summed E-state index contributed by atoms with van der Waals surface area (Å²) < 4.78 is 43.2. The Bertz CT molecular complexity index is 600. The number of benzene rings is 1. The maximum absolute atomic E-state index is 12.6. The van der Waals surface area contributed by atoms with Crippen LogP contribution in [0.25, 0.3) is 0 Å². The molecule has 2 N–H and O–H groups in total. The van der Waals surface area contributed by atoms with E-state index >= 15 is 0 Å². The summed E-state index contributed by atoms with van der Waals surface area (Å²) in [6, 6.07) is 5.58. The van der Waals surface area contributed by atoms with Crippen LogP contribution in [0.4, 0.5) is 13.2 Å². The molecule has 1 aliphatic heterocycles. The van der Waals surface area contributed by atoms with Gasteiger partial charge in [0.1, 0.15) is 0 Å². The Hall–Kier alpha value is -1.03. The van der Waals surface area contributed by atoms with Gasteiger partial charge < -0.3 is 15.4 Å². The van der Waals surface area contributed by atoms with Gasteiger partial charge >= 0.3 is 6.18 Å². The van der Waals surface area contributed by atoms with Gasteiger partial charge in [-0.25, -0.2) is 4.99 Å². The molecule has 140 valence electrons. The number of rotatable bonds is 2. The van der Waals surface area contributed by atoms with Crippen molar-refractivity contribution >= 4 is 29.9 Å². The van der Waals surface area contributed by atoms with E-state index in [1.54, 1.807) is 12.1 Å². The lowest BCUT2D eigenvalue weighted by Crippen LogP contribution is -2.48. The van der Waals surface area contributed by atoms with Gasteiger partial charge in [-0.1, -0.05) is 12.1 Å². The molecule has 1 saturated heterocycles. The minimum atomic E-state index is -4.28. The standard InChI is InChI=1S/C17H22F3N3O.HI/c1-11-10-23(6-7-24-11)16(21)22-15-8-13(9-15)12-2-4-14(5-3-12)17(18,19)20;/h2-5,11,13,15H,6-10H2,1H3,(H2,21,22);1H. The van der Waals surface area contributed by atoms with Gasteiger partial charge in [0, 0.05) is 13.1 Å². The summed E-state index contributed by atoms with van der Waals surface area (Å²) in [6.07, 6.45) is -2.49. The molecule has 1 heterocycles. The zero-order chi connectivity index (χ0) is 17.3. The van der Waals surface area contributed by atoms with Gasteiger partial charge in [-0.15, -0.1) is 24.0 Å². The second kappa shape index (κ2) is 8.11. The molecule has 1 unspecified atom stereocenters. The van der Waals surface area contributed by atoms with Gasteiger partial charge in [-0.05, 0) is 43.4 Å². The highest BCUT2D eigenvalue weighted by atomic mass is 127. The second-order valence-corrected chi connectivity index (χ2v) is 6.56. The second-order valence-electron chi connectivity index (χ2n) is 6.56. The maximum Gasteiger partial charge on any atom is 0.416 e. The highest BCUT2D eigenvalue weighted by molar-refractivity contribution is 14.0. The van der Waals surface area contributed by atoms with Gasteiger partial charge in [0.15, 0.2) is 5.96 Å². The lowest BCUT2D eigenvalue weighted by molar-refractivity contribution is -0.137. The average molecular weight is 469 g/mol. The van der Waals surface area contributed by atoms with Crippen molar-refractivity contribution < 1.29 is 17.9 Å². The molecule has 1 aromatic rings. The minimum Gasteiger partial charge on any atom is -0.375 e. The predicted octanol–water partition coefficient (Wildman–Crippen LogP) is 3.60. The maximum atomic E-state index is 12.6. The van der Waals surface area contributed by atoms with E-state index in [-0.39, 0.29) is 42.0 Å². The van der Waals surface area contributed by atoms with E-state index in [0.717, 1.165) is 43.6 Å². The first-order chi connectivity index (χ1) is 11.3. The summed E-state index contributed by atoms with van der Waals surface area (Å²) in [6.45, 7) is 4.14. The van der Waals surface area contributed by atoms with Crippen LogP contribution in [0.1, 0.15) is 36.8 Å². The lowest BCUT2D eigenvalue weighted by Gasteiger charge is -2.36. The molecule has 0 spiro atoms. The molecule has 2 aliphatic rings. The van der Waals surface area contributed by atoms with Crippen LogP contribution in [0.2, 0.25) is 0 Å². The summed E-state index contributed by atoms with van der Waals surface area (Å²) in [5.74, 6) is 0.804. The Kier molecular flexibility index (Phi) is 6.58. The Morgan fingerprint density at radius 2 is 1.88 bits per heavy atom. The van der Waals surface area contributed by atoms with Crippen LogP contribution < -0.4 is 5.73 Å². The van der Waals surface area contributed by atoms with Gasteiger partial charge in [0.2, 0.25) is 0 Å². The van der Waals surface area contributed by atoms with E-state index in [1.165, 1.54) is 0 Å². The van der Waals surface area contributed by atoms with E-state index in [1.807, 2.05) is 11.8 Å². The van der Waals surface area contributed by atoms with E-state index in [2.05, 4.69) is 4.99 Å². The summed E-state index contributed by atoms with van der Waals surface area (Å²) in [7, 11) is 0. The number of nitrogens with zero attached hydrogens (tertiary/aromatic N) is 2. The summed E-state index contributed by atoms with van der Waals surface area (Å²) >= 11 is 0. The molecule has 2 fully saturated rings. The monoisotopic (exact) mass is 469 g/mol. The van der Waals surface area contributed by atoms with Crippen molar-refractivity contribution in [2.75, 3.05) is 19.7 Å². The molecule has 25 heavy (non-hydrogen) atoms. The molecule has 0 bridgehead atoms. The first-order valence-corrected chi connectivity index (χ1v) is 8.20. The molecule has 0 amide bonds. The molecule has 0 aromatic heterocycles. The Balaban J connectivity index is 0.00000225. The van der Waals surface area contributed by atoms with Crippen LogP contribution in [-0.2, 0) is 10.9 Å². The number of nitrogens with two attached hydrogens (primary N) is 1. The number of alkyl halides is 3. The molecular weight excluding hydrogens is 446 g/mol. The van der Waals surface area contributed by atoms with Crippen molar-refractivity contribution in [3.05, 3.63) is 35.4 Å². The van der Waals surface area contributed by atoms with Crippen molar-refractivity contribution in [2.24, 2.45) is 10.7 Å². The SMILES string of the molecule is CC1CN(C(N)=NC2CC(c3ccc(C(F)(F)F)cc3)C2)CCO1.I. The van der Waals surface area contributed by atoms with Crippen LogP contribution in [-0.4, -0.2) is 42.7 Å². The fourth-order valence-electron chi connectivity index (χ4n) is 3.20. The van der Waals surface area contributed by atoms with E-state index in [0.29, 0.717) is 12.6 Å². The Morgan fingerprint density at radius 1 is 1.24 bits per heavy atom. The fraction of sp³-hybridized carbons (Fsp3) is 0.588. The third kappa shape index (κ3) is 4.99. The summed E-state index contributed by atoms with van der Waals surface area (Å²) in [5.41, 5.74) is 6.40. The Labute approximate surface area is 162 Å². The van der Waals surface area contributed by atoms with Crippen molar-refractivity contribution in [3.63, 3.8) is 0 Å². The average Bonchev–Trinajstić information content (AvgIpc) is 2.49. The molecule has 1 aromatic carbocycles. The van der Waals surface area contributed by atoms with Crippen molar-refractivity contribution in [1.29, 1.82) is 0 Å². The number of morpholine rings is 1. The quantitative estimate of drug-likeness (QED) is 0.409. The molecule has 1 saturated carbocycles. The zero-order valence-electron chi connectivity index (χ0n) is 14.0. The smallest absolute Gasteiger partial charge is 0.375 e. The number of guanidine groups is 1. The van der Waals surface area contributed by atoms with Gasteiger partial charge in [0.05, 0.1) is 24.3 Å². The Morgan fingerprint density at radius 3 is 2.44 bits per heavy atom. The summed E-state index contributed by atoms with van der Waals surface area (Å²) in [5, 5.41) is 0. The van der Waals surface area contributed by atoms with Crippen LogP contribution in [0.3, 0.4) is 0 Å².